The molecule has 0 fully saturated rings. The molecule has 0 aliphatic carbocycles. The number of benzene rings is 3. The third kappa shape index (κ3) is 6.33. The van der Waals surface area contributed by atoms with Gasteiger partial charge in [0.25, 0.3) is 11.6 Å². The van der Waals surface area contributed by atoms with Gasteiger partial charge in [-0.1, -0.05) is 30.3 Å². The molecule has 1 aromatic heterocycles. The van der Waals surface area contributed by atoms with E-state index in [1.165, 1.54) is 12.1 Å². The van der Waals surface area contributed by atoms with E-state index in [9.17, 15) is 20.2 Å². The number of amides is 1. The van der Waals surface area contributed by atoms with Gasteiger partial charge in [0, 0.05) is 35.8 Å². The Bertz CT molecular complexity index is 1540. The van der Waals surface area contributed by atoms with E-state index < -0.39 is 10.8 Å². The second kappa shape index (κ2) is 12.2. The van der Waals surface area contributed by atoms with Gasteiger partial charge in [0.2, 0.25) is 0 Å². The van der Waals surface area contributed by atoms with E-state index in [4.69, 9.17) is 4.74 Å². The number of non-ortho nitro benzene ring substituents is 1. The minimum atomic E-state index is -0.446. The fraction of sp³-hybridized carbons (Fsp3) is 0.133. The SMILES string of the molecule is C=CCc1cc(/C=C(/C#N)C(=O)NCCc2c[nH]c3ccccc23)ccc1OCc1ccc([N+](=O)[O-])cc1. The fourth-order valence-electron chi connectivity index (χ4n) is 4.08. The van der Waals surface area contributed by atoms with E-state index in [0.29, 0.717) is 30.7 Å². The second-order valence-electron chi connectivity index (χ2n) is 8.61. The monoisotopic (exact) mass is 506 g/mol. The Morgan fingerprint density at radius 3 is 2.66 bits per heavy atom. The third-order valence-corrected chi connectivity index (χ3v) is 6.02. The maximum absolute atomic E-state index is 12.7. The summed E-state index contributed by atoms with van der Waals surface area (Å²) in [7, 11) is 0. The third-order valence-electron chi connectivity index (χ3n) is 6.02. The van der Waals surface area contributed by atoms with Crippen LogP contribution in [0.1, 0.15) is 22.3 Å². The Balaban J connectivity index is 1.41. The molecular formula is C30H26N4O4. The number of aromatic nitrogens is 1. The zero-order valence-corrected chi connectivity index (χ0v) is 20.6. The lowest BCUT2D eigenvalue weighted by molar-refractivity contribution is -0.384. The number of carbonyl (C=O) groups excluding carboxylic acids is 1. The number of nitrogens with one attached hydrogen (secondary N) is 2. The predicted molar refractivity (Wildman–Crippen MR) is 146 cm³/mol. The van der Waals surface area contributed by atoms with Crippen molar-refractivity contribution in [3.63, 3.8) is 0 Å². The van der Waals surface area contributed by atoms with Crippen LogP contribution in [0.5, 0.6) is 5.75 Å². The first-order chi connectivity index (χ1) is 18.5. The molecule has 1 heterocycles. The number of rotatable bonds is 11. The molecular weight excluding hydrogens is 480 g/mol. The summed E-state index contributed by atoms with van der Waals surface area (Å²) in [6.07, 6.45) is 6.39. The summed E-state index contributed by atoms with van der Waals surface area (Å²) in [5.41, 5.74) is 4.49. The van der Waals surface area contributed by atoms with Gasteiger partial charge in [-0.05, 0) is 71.5 Å². The fourth-order valence-corrected chi connectivity index (χ4v) is 4.08. The number of nitro benzene ring substituents is 1. The number of allylic oxidation sites excluding steroid dienone is 1. The number of para-hydroxylation sites is 1. The molecule has 2 N–H and O–H groups in total. The van der Waals surface area contributed by atoms with Crippen LogP contribution in [0.4, 0.5) is 5.69 Å². The van der Waals surface area contributed by atoms with Crippen LogP contribution in [-0.4, -0.2) is 22.4 Å². The highest BCUT2D eigenvalue weighted by molar-refractivity contribution is 6.01. The van der Waals surface area contributed by atoms with Crippen LogP contribution >= 0.6 is 0 Å². The highest BCUT2D eigenvalue weighted by atomic mass is 16.6. The van der Waals surface area contributed by atoms with E-state index >= 15 is 0 Å². The standard InChI is InChI=1S/C30H26N4O4/c1-2-5-23-16-22(10-13-29(23)38-20-21-8-11-26(12-9-21)34(36)37)17-25(18-31)30(35)32-15-14-24-19-33-28-7-4-3-6-27(24)28/h2-4,6-13,16-17,19,33H,1,5,14-15,20H2,(H,32,35)/b25-17-. The first kappa shape index (κ1) is 25.9. The van der Waals surface area contributed by atoms with Gasteiger partial charge < -0.3 is 15.0 Å². The molecule has 0 unspecified atom stereocenters. The molecule has 0 bridgehead atoms. The van der Waals surface area contributed by atoms with Crippen molar-refractivity contribution in [2.24, 2.45) is 0 Å². The van der Waals surface area contributed by atoms with Gasteiger partial charge in [-0.25, -0.2) is 0 Å². The number of ether oxygens (including phenoxy) is 1. The topological polar surface area (TPSA) is 121 Å². The molecule has 0 saturated heterocycles. The number of nitriles is 1. The molecule has 3 aromatic carbocycles. The largest absolute Gasteiger partial charge is 0.489 e. The summed E-state index contributed by atoms with van der Waals surface area (Å²) in [5.74, 6) is 0.193. The molecule has 0 aliphatic rings. The van der Waals surface area contributed by atoms with Crippen molar-refractivity contribution in [1.29, 1.82) is 5.26 Å². The highest BCUT2D eigenvalue weighted by Crippen LogP contribution is 2.24. The normalized spacial score (nSPS) is 11.1. The van der Waals surface area contributed by atoms with Crippen molar-refractivity contribution in [2.45, 2.75) is 19.4 Å². The van der Waals surface area contributed by atoms with Crippen molar-refractivity contribution in [2.75, 3.05) is 6.54 Å². The van der Waals surface area contributed by atoms with Crippen molar-refractivity contribution in [1.82, 2.24) is 10.3 Å². The summed E-state index contributed by atoms with van der Waals surface area (Å²) in [4.78, 5) is 26.3. The molecule has 8 heteroatoms. The smallest absolute Gasteiger partial charge is 0.269 e. The molecule has 0 radical (unpaired) electrons. The number of carbonyl (C=O) groups is 1. The van der Waals surface area contributed by atoms with Crippen molar-refractivity contribution in [3.8, 4) is 11.8 Å². The Labute approximate surface area is 220 Å². The first-order valence-corrected chi connectivity index (χ1v) is 12.0. The van der Waals surface area contributed by atoms with Gasteiger partial charge in [-0.3, -0.25) is 14.9 Å². The number of nitro groups is 1. The maximum atomic E-state index is 12.7. The molecule has 0 aliphatic heterocycles. The van der Waals surface area contributed by atoms with Gasteiger partial charge in [0.15, 0.2) is 0 Å². The Morgan fingerprint density at radius 2 is 1.92 bits per heavy atom. The van der Waals surface area contributed by atoms with Crippen molar-refractivity contribution < 1.29 is 14.5 Å². The van der Waals surface area contributed by atoms with E-state index in [0.717, 1.165) is 27.6 Å². The highest BCUT2D eigenvalue weighted by Gasteiger charge is 2.12. The zero-order valence-electron chi connectivity index (χ0n) is 20.6. The number of aromatic amines is 1. The van der Waals surface area contributed by atoms with Crippen molar-refractivity contribution >= 4 is 28.6 Å². The maximum Gasteiger partial charge on any atom is 0.269 e. The summed E-state index contributed by atoms with van der Waals surface area (Å²) in [6, 6.07) is 21.5. The minimum absolute atomic E-state index is 0.00743. The lowest BCUT2D eigenvalue weighted by Crippen LogP contribution is -2.26. The first-order valence-electron chi connectivity index (χ1n) is 12.0. The van der Waals surface area contributed by atoms with Crippen LogP contribution in [0.3, 0.4) is 0 Å². The van der Waals surface area contributed by atoms with Gasteiger partial charge in [-0.15, -0.1) is 6.58 Å². The number of hydrogen-bond acceptors (Lipinski definition) is 5. The van der Waals surface area contributed by atoms with Gasteiger partial charge >= 0.3 is 0 Å². The lowest BCUT2D eigenvalue weighted by Gasteiger charge is -2.12. The van der Waals surface area contributed by atoms with E-state index in [-0.39, 0.29) is 17.9 Å². The van der Waals surface area contributed by atoms with Crippen molar-refractivity contribution in [3.05, 3.63) is 124 Å². The average molecular weight is 507 g/mol. The molecule has 8 nitrogen and oxygen atoms in total. The van der Waals surface area contributed by atoms with Crippen LogP contribution in [0.15, 0.2) is 91.2 Å². The molecule has 4 rings (SSSR count). The van der Waals surface area contributed by atoms with E-state index in [1.807, 2.05) is 42.6 Å². The molecule has 4 aromatic rings. The second-order valence-corrected chi connectivity index (χ2v) is 8.61. The lowest BCUT2D eigenvalue weighted by atomic mass is 10.0. The van der Waals surface area contributed by atoms with Gasteiger partial charge in [0.1, 0.15) is 24.0 Å². The predicted octanol–water partition coefficient (Wildman–Crippen LogP) is 5.65. The van der Waals surface area contributed by atoms with E-state index in [2.05, 4.69) is 16.9 Å². The van der Waals surface area contributed by atoms with Gasteiger partial charge in [0.05, 0.1) is 4.92 Å². The minimum Gasteiger partial charge on any atom is -0.489 e. The van der Waals surface area contributed by atoms with Crippen LogP contribution in [0, 0.1) is 21.4 Å². The van der Waals surface area contributed by atoms with E-state index in [1.54, 1.807) is 36.4 Å². The summed E-state index contributed by atoms with van der Waals surface area (Å²) in [5, 5.41) is 24.4. The number of nitrogens with zero attached hydrogens (tertiary/aromatic N) is 2. The molecule has 1 amide bonds. The number of fused-ring (bicyclic) bond motifs is 1. The quantitative estimate of drug-likeness (QED) is 0.0895. The summed E-state index contributed by atoms with van der Waals surface area (Å²) >= 11 is 0. The molecule has 190 valence electrons. The van der Waals surface area contributed by atoms with Crippen LogP contribution in [-0.2, 0) is 24.2 Å². The zero-order chi connectivity index (χ0) is 26.9. The molecule has 38 heavy (non-hydrogen) atoms. The molecule has 0 saturated carbocycles. The molecule has 0 atom stereocenters. The Hall–Kier alpha value is -5.16. The van der Waals surface area contributed by atoms with Crippen LogP contribution in [0.25, 0.3) is 17.0 Å². The van der Waals surface area contributed by atoms with Gasteiger partial charge in [-0.2, -0.15) is 5.26 Å². The molecule has 0 spiro atoms. The Morgan fingerprint density at radius 1 is 1.13 bits per heavy atom. The van der Waals surface area contributed by atoms with Crippen LogP contribution in [0.2, 0.25) is 0 Å². The van der Waals surface area contributed by atoms with Crippen LogP contribution < -0.4 is 10.1 Å². The number of H-pyrrole nitrogens is 1. The summed E-state index contributed by atoms with van der Waals surface area (Å²) < 4.78 is 5.94. The average Bonchev–Trinajstić information content (AvgIpc) is 3.34. The number of hydrogen-bond donors (Lipinski definition) is 2. The summed E-state index contributed by atoms with van der Waals surface area (Å²) in [6.45, 7) is 4.43. The Kier molecular flexibility index (Phi) is 8.32.